The molecular formula is C15H17ClN2O2. The summed E-state index contributed by atoms with van der Waals surface area (Å²) in [5.41, 5.74) is 0.897. The van der Waals surface area contributed by atoms with Gasteiger partial charge in [-0.25, -0.2) is 4.98 Å². The van der Waals surface area contributed by atoms with Crippen molar-refractivity contribution in [3.8, 4) is 11.3 Å². The number of aliphatic hydroxyl groups excluding tert-OH is 1. The van der Waals surface area contributed by atoms with Crippen LogP contribution in [0.1, 0.15) is 5.89 Å². The summed E-state index contributed by atoms with van der Waals surface area (Å²) >= 11 is 5.96. The van der Waals surface area contributed by atoms with E-state index in [9.17, 15) is 0 Å². The number of benzene rings is 1. The predicted molar refractivity (Wildman–Crippen MR) is 79.5 cm³/mol. The molecule has 2 rings (SSSR count). The van der Waals surface area contributed by atoms with Crippen molar-refractivity contribution in [1.29, 1.82) is 0 Å². The Hall–Kier alpha value is -1.62. The van der Waals surface area contributed by atoms with E-state index in [1.165, 1.54) is 0 Å². The minimum atomic E-state index is 0.0930. The molecule has 2 aromatic rings. The zero-order valence-electron chi connectivity index (χ0n) is 11.1. The van der Waals surface area contributed by atoms with E-state index in [4.69, 9.17) is 21.1 Å². The third-order valence-electron chi connectivity index (χ3n) is 2.83. The largest absolute Gasteiger partial charge is 0.439 e. The lowest BCUT2D eigenvalue weighted by Crippen LogP contribution is -2.26. The molecule has 1 N–H and O–H groups in total. The van der Waals surface area contributed by atoms with Crippen molar-refractivity contribution in [2.24, 2.45) is 0 Å². The summed E-state index contributed by atoms with van der Waals surface area (Å²) in [4.78, 5) is 6.26. The van der Waals surface area contributed by atoms with Gasteiger partial charge in [0.05, 0.1) is 19.3 Å². The minimum Gasteiger partial charge on any atom is -0.439 e. The van der Waals surface area contributed by atoms with Crippen LogP contribution in [0, 0.1) is 0 Å². The Balaban J connectivity index is 2.10. The molecule has 106 valence electrons. The molecule has 4 nitrogen and oxygen atoms in total. The summed E-state index contributed by atoms with van der Waals surface area (Å²) in [7, 11) is 0. The zero-order valence-corrected chi connectivity index (χ0v) is 11.9. The number of halogens is 1. The maximum atomic E-state index is 9.01. The highest BCUT2D eigenvalue weighted by Gasteiger charge is 2.10. The number of hydrogen-bond acceptors (Lipinski definition) is 4. The van der Waals surface area contributed by atoms with Crippen LogP contribution in [0.5, 0.6) is 0 Å². The van der Waals surface area contributed by atoms with E-state index in [1.807, 2.05) is 29.2 Å². The Kier molecular flexibility index (Phi) is 5.35. The molecule has 5 heteroatoms. The Morgan fingerprint density at radius 1 is 1.45 bits per heavy atom. The second-order valence-corrected chi connectivity index (χ2v) is 4.81. The quantitative estimate of drug-likeness (QED) is 0.797. The molecule has 0 aliphatic heterocycles. The van der Waals surface area contributed by atoms with Gasteiger partial charge in [0.25, 0.3) is 0 Å². The average Bonchev–Trinajstić information content (AvgIpc) is 2.88. The van der Waals surface area contributed by atoms with Gasteiger partial charge in [-0.3, -0.25) is 4.90 Å². The van der Waals surface area contributed by atoms with Crippen molar-refractivity contribution >= 4 is 11.6 Å². The van der Waals surface area contributed by atoms with Crippen LogP contribution in [-0.2, 0) is 6.54 Å². The van der Waals surface area contributed by atoms with E-state index in [0.29, 0.717) is 36.3 Å². The molecule has 0 fully saturated rings. The van der Waals surface area contributed by atoms with Crippen LogP contribution in [0.4, 0.5) is 0 Å². The minimum absolute atomic E-state index is 0.0930. The molecule has 0 unspecified atom stereocenters. The lowest BCUT2D eigenvalue weighted by Gasteiger charge is -2.16. The van der Waals surface area contributed by atoms with Gasteiger partial charge >= 0.3 is 0 Å². The molecule has 0 aliphatic rings. The van der Waals surface area contributed by atoms with E-state index >= 15 is 0 Å². The topological polar surface area (TPSA) is 49.5 Å². The standard InChI is InChI=1S/C15H17ClN2O2/c1-2-6-18(7-8-19)11-15-17-10-14(20-15)12-4-3-5-13(16)9-12/h2-5,9-10,19H,1,6-8,11H2. The number of aromatic nitrogens is 1. The summed E-state index contributed by atoms with van der Waals surface area (Å²) in [6.07, 6.45) is 3.47. The maximum Gasteiger partial charge on any atom is 0.209 e. The summed E-state index contributed by atoms with van der Waals surface area (Å²) in [6.45, 7) is 5.56. The molecule has 0 radical (unpaired) electrons. The van der Waals surface area contributed by atoms with E-state index in [2.05, 4.69) is 11.6 Å². The van der Waals surface area contributed by atoms with Gasteiger partial charge in [0.2, 0.25) is 5.89 Å². The SMILES string of the molecule is C=CCN(CCO)Cc1ncc(-c2cccc(Cl)c2)o1. The van der Waals surface area contributed by atoms with Gasteiger partial charge in [0, 0.05) is 23.7 Å². The molecule has 0 saturated heterocycles. The highest BCUT2D eigenvalue weighted by Crippen LogP contribution is 2.23. The lowest BCUT2D eigenvalue weighted by molar-refractivity contribution is 0.192. The van der Waals surface area contributed by atoms with Crippen LogP contribution in [0.15, 0.2) is 47.5 Å². The Labute approximate surface area is 123 Å². The highest BCUT2D eigenvalue weighted by molar-refractivity contribution is 6.30. The van der Waals surface area contributed by atoms with Crippen molar-refractivity contribution in [3.05, 3.63) is 54.0 Å². The Morgan fingerprint density at radius 2 is 2.30 bits per heavy atom. The number of nitrogens with zero attached hydrogens (tertiary/aromatic N) is 2. The fourth-order valence-corrected chi connectivity index (χ4v) is 2.10. The number of hydrogen-bond donors (Lipinski definition) is 1. The fraction of sp³-hybridized carbons (Fsp3) is 0.267. The highest BCUT2D eigenvalue weighted by atomic mass is 35.5. The first kappa shape index (κ1) is 14.8. The first-order valence-corrected chi connectivity index (χ1v) is 6.75. The van der Waals surface area contributed by atoms with E-state index in [0.717, 1.165) is 5.56 Å². The smallest absolute Gasteiger partial charge is 0.209 e. The second kappa shape index (κ2) is 7.24. The van der Waals surface area contributed by atoms with Gasteiger partial charge < -0.3 is 9.52 Å². The number of rotatable bonds is 7. The van der Waals surface area contributed by atoms with Crippen molar-refractivity contribution in [2.45, 2.75) is 6.54 Å². The molecule has 0 bridgehead atoms. The van der Waals surface area contributed by atoms with Crippen molar-refractivity contribution in [1.82, 2.24) is 9.88 Å². The molecule has 0 atom stereocenters. The first-order valence-electron chi connectivity index (χ1n) is 6.37. The molecule has 20 heavy (non-hydrogen) atoms. The molecule has 1 aromatic heterocycles. The van der Waals surface area contributed by atoms with Crippen molar-refractivity contribution < 1.29 is 9.52 Å². The Morgan fingerprint density at radius 3 is 3.00 bits per heavy atom. The molecule has 0 saturated carbocycles. The molecule has 1 aromatic carbocycles. The van der Waals surface area contributed by atoms with E-state index in [1.54, 1.807) is 12.3 Å². The monoisotopic (exact) mass is 292 g/mol. The lowest BCUT2D eigenvalue weighted by atomic mass is 10.2. The van der Waals surface area contributed by atoms with Gasteiger partial charge in [-0.05, 0) is 12.1 Å². The first-order chi connectivity index (χ1) is 9.72. The Bertz CT molecular complexity index is 569. The summed E-state index contributed by atoms with van der Waals surface area (Å²) in [5, 5.41) is 9.67. The summed E-state index contributed by atoms with van der Waals surface area (Å²) in [5.74, 6) is 1.29. The van der Waals surface area contributed by atoms with Crippen LogP contribution in [0.3, 0.4) is 0 Å². The van der Waals surface area contributed by atoms with Gasteiger partial charge in [0.15, 0.2) is 5.76 Å². The van der Waals surface area contributed by atoms with Crippen molar-refractivity contribution in [3.63, 3.8) is 0 Å². The van der Waals surface area contributed by atoms with Crippen LogP contribution < -0.4 is 0 Å². The van der Waals surface area contributed by atoms with Crippen LogP contribution in [-0.4, -0.2) is 34.7 Å². The normalized spacial score (nSPS) is 10.9. The van der Waals surface area contributed by atoms with E-state index < -0.39 is 0 Å². The van der Waals surface area contributed by atoms with E-state index in [-0.39, 0.29) is 6.61 Å². The zero-order chi connectivity index (χ0) is 14.4. The predicted octanol–water partition coefficient (Wildman–Crippen LogP) is 2.98. The summed E-state index contributed by atoms with van der Waals surface area (Å²) in [6, 6.07) is 7.44. The molecule has 0 spiro atoms. The molecule has 1 heterocycles. The molecule has 0 aliphatic carbocycles. The van der Waals surface area contributed by atoms with Gasteiger partial charge in [0.1, 0.15) is 0 Å². The van der Waals surface area contributed by atoms with Gasteiger partial charge in [-0.2, -0.15) is 0 Å². The fourth-order valence-electron chi connectivity index (χ4n) is 1.91. The van der Waals surface area contributed by atoms with Crippen molar-refractivity contribution in [2.75, 3.05) is 19.7 Å². The van der Waals surface area contributed by atoms with Crippen LogP contribution in [0.2, 0.25) is 5.02 Å². The molecule has 0 amide bonds. The summed E-state index contributed by atoms with van der Waals surface area (Å²) < 4.78 is 5.72. The van der Waals surface area contributed by atoms with Gasteiger partial charge in [-0.1, -0.05) is 29.8 Å². The maximum absolute atomic E-state index is 9.01. The third-order valence-corrected chi connectivity index (χ3v) is 3.06. The third kappa shape index (κ3) is 3.93. The average molecular weight is 293 g/mol. The van der Waals surface area contributed by atoms with Crippen LogP contribution >= 0.6 is 11.6 Å². The van der Waals surface area contributed by atoms with Gasteiger partial charge in [-0.15, -0.1) is 6.58 Å². The number of oxazole rings is 1. The van der Waals surface area contributed by atoms with Crippen LogP contribution in [0.25, 0.3) is 11.3 Å². The second-order valence-electron chi connectivity index (χ2n) is 4.38. The number of aliphatic hydroxyl groups is 1. The molecular weight excluding hydrogens is 276 g/mol.